The molecule has 0 unspecified atom stereocenters. The molecule has 1 heteroatoms. The van der Waals surface area contributed by atoms with E-state index in [0.29, 0.717) is 0 Å². The molecule has 0 radical (unpaired) electrons. The summed E-state index contributed by atoms with van der Waals surface area (Å²) in [6.45, 7) is 0. The lowest BCUT2D eigenvalue weighted by atomic mass is 10.0. The van der Waals surface area contributed by atoms with Crippen LogP contribution < -0.4 is 0 Å². The van der Waals surface area contributed by atoms with Gasteiger partial charge in [-0.15, -0.1) is 0 Å². The van der Waals surface area contributed by atoms with Crippen molar-refractivity contribution >= 4 is 0 Å². The second-order valence-electron chi connectivity index (χ2n) is 4.92. The summed E-state index contributed by atoms with van der Waals surface area (Å²) in [6.07, 6.45) is 5.54. The molecule has 0 aliphatic heterocycles. The van der Waals surface area contributed by atoms with Gasteiger partial charge in [0.05, 0.1) is 5.60 Å². The van der Waals surface area contributed by atoms with E-state index in [-0.39, 0.29) is 5.60 Å². The van der Waals surface area contributed by atoms with E-state index in [1.54, 1.807) is 0 Å². The van der Waals surface area contributed by atoms with E-state index in [9.17, 15) is 5.11 Å². The summed E-state index contributed by atoms with van der Waals surface area (Å²) in [5.74, 6) is 0.841. The van der Waals surface area contributed by atoms with E-state index in [1.165, 1.54) is 24.0 Å². The Balaban J connectivity index is 1.73. The third kappa shape index (κ3) is 1.69. The molecule has 0 aromatic heterocycles. The fourth-order valence-electron chi connectivity index (χ4n) is 2.03. The van der Waals surface area contributed by atoms with Gasteiger partial charge in [0.15, 0.2) is 0 Å². The zero-order valence-corrected chi connectivity index (χ0v) is 8.37. The van der Waals surface area contributed by atoms with E-state index < -0.39 is 0 Å². The molecule has 1 aromatic rings. The average molecular weight is 188 g/mol. The molecule has 2 saturated carbocycles. The summed E-state index contributed by atoms with van der Waals surface area (Å²) < 4.78 is 0. The highest BCUT2D eigenvalue weighted by Crippen LogP contribution is 2.41. The van der Waals surface area contributed by atoms with Crippen LogP contribution in [0.2, 0.25) is 0 Å². The first-order valence-electron chi connectivity index (χ1n) is 5.56. The normalized spacial score (nSPS) is 23.5. The van der Waals surface area contributed by atoms with Crippen LogP contribution in [0, 0.1) is 0 Å². The SMILES string of the molecule is OC1(Cc2ccc(C3CC3)cc2)CC1. The van der Waals surface area contributed by atoms with Gasteiger partial charge < -0.3 is 5.11 Å². The van der Waals surface area contributed by atoms with Crippen molar-refractivity contribution in [2.75, 3.05) is 0 Å². The Bertz CT molecular complexity index is 331. The number of hydrogen-bond donors (Lipinski definition) is 1. The van der Waals surface area contributed by atoms with Crippen LogP contribution in [0.1, 0.15) is 42.7 Å². The van der Waals surface area contributed by atoms with Gasteiger partial charge in [-0.3, -0.25) is 0 Å². The molecule has 0 atom stereocenters. The molecular formula is C13H16O. The van der Waals surface area contributed by atoms with Crippen LogP contribution in [0.15, 0.2) is 24.3 Å². The van der Waals surface area contributed by atoms with Crippen molar-refractivity contribution in [3.05, 3.63) is 35.4 Å². The number of aliphatic hydroxyl groups is 1. The van der Waals surface area contributed by atoms with Gasteiger partial charge in [-0.1, -0.05) is 24.3 Å². The third-order valence-electron chi connectivity index (χ3n) is 3.39. The van der Waals surface area contributed by atoms with Crippen molar-refractivity contribution in [1.29, 1.82) is 0 Å². The molecule has 2 aliphatic rings. The van der Waals surface area contributed by atoms with E-state index in [1.807, 2.05) is 0 Å². The highest BCUT2D eigenvalue weighted by Gasteiger charge is 2.40. The van der Waals surface area contributed by atoms with E-state index in [2.05, 4.69) is 24.3 Å². The molecule has 2 aliphatic carbocycles. The Labute approximate surface area is 84.8 Å². The largest absolute Gasteiger partial charge is 0.390 e. The first-order valence-corrected chi connectivity index (χ1v) is 5.56. The minimum Gasteiger partial charge on any atom is -0.390 e. The van der Waals surface area contributed by atoms with E-state index >= 15 is 0 Å². The van der Waals surface area contributed by atoms with E-state index in [4.69, 9.17) is 0 Å². The average Bonchev–Trinajstić information content (AvgIpc) is 3.03. The number of rotatable bonds is 3. The lowest BCUT2D eigenvalue weighted by Gasteiger charge is -2.07. The molecule has 74 valence electrons. The zero-order valence-electron chi connectivity index (χ0n) is 8.37. The summed E-state index contributed by atoms with van der Waals surface area (Å²) in [5, 5.41) is 9.77. The summed E-state index contributed by atoms with van der Waals surface area (Å²) in [4.78, 5) is 0. The van der Waals surface area contributed by atoms with Gasteiger partial charge in [-0.25, -0.2) is 0 Å². The van der Waals surface area contributed by atoms with Crippen LogP contribution in [0.25, 0.3) is 0 Å². The standard InChI is InChI=1S/C13H16O/c14-13(7-8-13)9-10-1-3-11(4-2-10)12-5-6-12/h1-4,12,14H,5-9H2. The Morgan fingerprint density at radius 1 is 1.14 bits per heavy atom. The van der Waals surface area contributed by atoms with Crippen LogP contribution in [0.3, 0.4) is 0 Å². The molecule has 0 bridgehead atoms. The highest BCUT2D eigenvalue weighted by molar-refractivity contribution is 5.29. The quantitative estimate of drug-likeness (QED) is 0.773. The molecule has 1 N–H and O–H groups in total. The van der Waals surface area contributed by atoms with Gasteiger partial charge in [0.2, 0.25) is 0 Å². The first kappa shape index (κ1) is 8.49. The van der Waals surface area contributed by atoms with Gasteiger partial charge in [-0.2, -0.15) is 0 Å². The Kier molecular flexibility index (Phi) is 1.72. The molecule has 0 saturated heterocycles. The van der Waals surface area contributed by atoms with Crippen LogP contribution >= 0.6 is 0 Å². The Hall–Kier alpha value is -0.820. The Morgan fingerprint density at radius 2 is 1.79 bits per heavy atom. The lowest BCUT2D eigenvalue weighted by molar-refractivity contribution is 0.151. The molecule has 1 aromatic carbocycles. The predicted molar refractivity (Wildman–Crippen MR) is 56.3 cm³/mol. The van der Waals surface area contributed by atoms with E-state index in [0.717, 1.165) is 25.2 Å². The summed E-state index contributed by atoms with van der Waals surface area (Å²) in [7, 11) is 0. The summed E-state index contributed by atoms with van der Waals surface area (Å²) in [5.41, 5.74) is 2.42. The molecular weight excluding hydrogens is 172 g/mol. The maximum atomic E-state index is 9.77. The van der Waals surface area contributed by atoms with Crippen molar-refractivity contribution < 1.29 is 5.11 Å². The maximum absolute atomic E-state index is 9.77. The molecule has 2 fully saturated rings. The Morgan fingerprint density at radius 3 is 2.29 bits per heavy atom. The van der Waals surface area contributed by atoms with Crippen LogP contribution in [-0.2, 0) is 6.42 Å². The minimum atomic E-state index is -0.346. The molecule has 1 nitrogen and oxygen atoms in total. The van der Waals surface area contributed by atoms with Crippen LogP contribution in [-0.4, -0.2) is 10.7 Å². The van der Waals surface area contributed by atoms with Gasteiger partial charge >= 0.3 is 0 Å². The molecule has 0 heterocycles. The minimum absolute atomic E-state index is 0.346. The number of hydrogen-bond acceptors (Lipinski definition) is 1. The van der Waals surface area contributed by atoms with Crippen LogP contribution in [0.4, 0.5) is 0 Å². The van der Waals surface area contributed by atoms with Crippen molar-refractivity contribution in [1.82, 2.24) is 0 Å². The number of benzene rings is 1. The second kappa shape index (κ2) is 2.83. The van der Waals surface area contributed by atoms with Crippen molar-refractivity contribution in [3.63, 3.8) is 0 Å². The van der Waals surface area contributed by atoms with Gasteiger partial charge in [0.25, 0.3) is 0 Å². The fourth-order valence-corrected chi connectivity index (χ4v) is 2.03. The highest BCUT2D eigenvalue weighted by atomic mass is 16.3. The maximum Gasteiger partial charge on any atom is 0.0690 e. The molecule has 0 spiro atoms. The van der Waals surface area contributed by atoms with Crippen molar-refractivity contribution in [2.45, 2.75) is 43.6 Å². The van der Waals surface area contributed by atoms with Gasteiger partial charge in [-0.05, 0) is 42.7 Å². The van der Waals surface area contributed by atoms with Gasteiger partial charge in [0, 0.05) is 6.42 Å². The predicted octanol–water partition coefficient (Wildman–Crippen LogP) is 2.63. The topological polar surface area (TPSA) is 20.2 Å². The smallest absolute Gasteiger partial charge is 0.0690 e. The van der Waals surface area contributed by atoms with Crippen LogP contribution in [0.5, 0.6) is 0 Å². The molecule has 0 amide bonds. The fraction of sp³-hybridized carbons (Fsp3) is 0.538. The summed E-state index contributed by atoms with van der Waals surface area (Å²) >= 11 is 0. The third-order valence-corrected chi connectivity index (χ3v) is 3.39. The lowest BCUT2D eigenvalue weighted by Crippen LogP contribution is -2.10. The molecule has 14 heavy (non-hydrogen) atoms. The first-order chi connectivity index (χ1) is 6.75. The van der Waals surface area contributed by atoms with Crippen molar-refractivity contribution in [3.8, 4) is 0 Å². The van der Waals surface area contributed by atoms with Gasteiger partial charge in [0.1, 0.15) is 0 Å². The molecule has 3 rings (SSSR count). The monoisotopic (exact) mass is 188 g/mol. The summed E-state index contributed by atoms with van der Waals surface area (Å²) in [6, 6.07) is 8.84. The zero-order chi connectivity index (χ0) is 9.60. The van der Waals surface area contributed by atoms with Crippen molar-refractivity contribution in [2.24, 2.45) is 0 Å². The second-order valence-corrected chi connectivity index (χ2v) is 4.92.